The lowest BCUT2D eigenvalue weighted by atomic mass is 9.98. The number of carbonyl (C=O) groups excluding carboxylic acids is 2. The third-order valence-electron chi connectivity index (χ3n) is 3.14. The van der Waals surface area contributed by atoms with E-state index in [4.69, 9.17) is 9.84 Å². The Morgan fingerprint density at radius 3 is 2.31 bits per heavy atom. The largest absolute Gasteiger partial charge is 0.480 e. The Labute approximate surface area is 151 Å². The smallest absolute Gasteiger partial charge is 0.407 e. The molecule has 0 spiro atoms. The molecule has 2 amide bonds. The zero-order valence-electron chi connectivity index (χ0n) is 14.9. The van der Waals surface area contributed by atoms with E-state index in [9.17, 15) is 24.6 Å². The first kappa shape index (κ1) is 21.4. The molecule has 0 aromatic heterocycles. The second-order valence-electron chi connectivity index (χ2n) is 6.56. The molecular weight excluding hydrogens is 344 g/mol. The van der Waals surface area contributed by atoms with Crippen molar-refractivity contribution in [2.45, 2.75) is 38.6 Å². The van der Waals surface area contributed by atoms with Gasteiger partial charge in [-0.2, -0.15) is 0 Å². The second-order valence-corrected chi connectivity index (χ2v) is 6.56. The van der Waals surface area contributed by atoms with Crippen LogP contribution in [0.25, 0.3) is 0 Å². The topological polar surface area (TPSA) is 145 Å². The molecule has 0 aliphatic rings. The van der Waals surface area contributed by atoms with Crippen molar-refractivity contribution in [2.75, 3.05) is 13.1 Å². The second kappa shape index (κ2) is 9.16. The van der Waals surface area contributed by atoms with E-state index < -0.39 is 42.3 Å². The van der Waals surface area contributed by atoms with Crippen LogP contribution in [0.1, 0.15) is 42.8 Å². The molecule has 0 aliphatic heterocycles. The fourth-order valence-corrected chi connectivity index (χ4v) is 2.03. The Morgan fingerprint density at radius 1 is 1.12 bits per heavy atom. The fourth-order valence-electron chi connectivity index (χ4n) is 2.03. The number of carbonyl (C=O) groups is 3. The molecule has 1 aromatic rings. The van der Waals surface area contributed by atoms with Gasteiger partial charge in [0.2, 0.25) is 0 Å². The maximum absolute atomic E-state index is 12.1. The number of nitrogens with one attached hydrogen (secondary N) is 2. The average Bonchev–Trinajstić information content (AvgIpc) is 2.55. The van der Waals surface area contributed by atoms with E-state index in [-0.39, 0.29) is 17.7 Å². The monoisotopic (exact) mass is 368 g/mol. The third kappa shape index (κ3) is 7.08. The number of aliphatic hydroxyl groups excluding tert-OH is 2. The maximum atomic E-state index is 12.1. The van der Waals surface area contributed by atoms with Crippen LogP contribution >= 0.6 is 0 Å². The summed E-state index contributed by atoms with van der Waals surface area (Å²) < 4.78 is 5.03. The molecule has 1 rings (SSSR count). The number of alkyl carbamates (subject to hydrolysis) is 1. The molecule has 5 N–H and O–H groups in total. The highest BCUT2D eigenvalue weighted by atomic mass is 16.6. The molecule has 0 radical (unpaired) electrons. The number of aliphatic carboxylic acids is 1. The van der Waals surface area contributed by atoms with E-state index in [1.807, 2.05) is 0 Å². The van der Waals surface area contributed by atoms with Crippen molar-refractivity contribution in [1.82, 2.24) is 10.6 Å². The summed E-state index contributed by atoms with van der Waals surface area (Å²) in [5.41, 5.74) is -0.575. The van der Waals surface area contributed by atoms with Crippen LogP contribution in [0.15, 0.2) is 24.3 Å². The Hall–Kier alpha value is -2.65. The molecule has 0 saturated carbocycles. The Bertz CT molecular complexity index is 655. The predicted molar refractivity (Wildman–Crippen MR) is 91.6 cm³/mol. The van der Waals surface area contributed by atoms with Gasteiger partial charge in [-0.15, -0.1) is 0 Å². The van der Waals surface area contributed by atoms with Crippen molar-refractivity contribution >= 4 is 18.0 Å². The van der Waals surface area contributed by atoms with Gasteiger partial charge >= 0.3 is 12.1 Å². The first-order chi connectivity index (χ1) is 12.0. The van der Waals surface area contributed by atoms with Crippen LogP contribution in [0.5, 0.6) is 0 Å². The maximum Gasteiger partial charge on any atom is 0.407 e. The number of benzene rings is 1. The number of carboxylic acids is 1. The minimum absolute atomic E-state index is 0.0255. The lowest BCUT2D eigenvalue weighted by Gasteiger charge is -2.23. The van der Waals surface area contributed by atoms with Crippen molar-refractivity contribution in [3.63, 3.8) is 0 Å². The molecule has 0 fully saturated rings. The predicted octanol–water partition coefficient (Wildman–Crippen LogP) is 0.420. The summed E-state index contributed by atoms with van der Waals surface area (Å²) in [6.45, 7) is 4.17. The Kier molecular flexibility index (Phi) is 7.54. The van der Waals surface area contributed by atoms with Crippen molar-refractivity contribution < 1.29 is 34.4 Å². The normalized spacial score (nSPS) is 13.4. The minimum Gasteiger partial charge on any atom is -0.480 e. The van der Waals surface area contributed by atoms with Gasteiger partial charge < -0.3 is 30.7 Å². The van der Waals surface area contributed by atoms with Gasteiger partial charge in [0.25, 0.3) is 5.91 Å². The molecule has 0 bridgehead atoms. The minimum atomic E-state index is -1.48. The number of ether oxygens (including phenoxy) is 1. The lowest BCUT2D eigenvalue weighted by Crippen LogP contribution is -2.39. The van der Waals surface area contributed by atoms with Gasteiger partial charge in [0.15, 0.2) is 0 Å². The summed E-state index contributed by atoms with van der Waals surface area (Å²) >= 11 is 0. The lowest BCUT2D eigenvalue weighted by molar-refractivity contribution is -0.135. The summed E-state index contributed by atoms with van der Waals surface area (Å²) in [5, 5.41) is 33.5. The van der Waals surface area contributed by atoms with E-state index in [1.54, 1.807) is 26.8 Å². The van der Waals surface area contributed by atoms with Gasteiger partial charge in [-0.3, -0.25) is 9.59 Å². The first-order valence-corrected chi connectivity index (χ1v) is 7.93. The van der Waals surface area contributed by atoms with Gasteiger partial charge in [0.05, 0.1) is 0 Å². The molecule has 2 unspecified atom stereocenters. The van der Waals surface area contributed by atoms with Gasteiger partial charge in [0, 0.05) is 12.1 Å². The molecule has 9 nitrogen and oxygen atoms in total. The summed E-state index contributed by atoms with van der Waals surface area (Å²) in [5.74, 6) is -1.91. The molecule has 0 heterocycles. The van der Waals surface area contributed by atoms with Gasteiger partial charge in [0.1, 0.15) is 24.4 Å². The third-order valence-corrected chi connectivity index (χ3v) is 3.14. The average molecular weight is 368 g/mol. The molecular formula is C17H24N2O7. The summed E-state index contributed by atoms with van der Waals surface area (Å²) in [6, 6.07) is 5.92. The fraction of sp³-hybridized carbons (Fsp3) is 0.471. The number of hydrogen-bond donors (Lipinski definition) is 5. The molecule has 1 aromatic carbocycles. The molecule has 0 aliphatic carbocycles. The van der Waals surface area contributed by atoms with Gasteiger partial charge in [-0.05, 0) is 32.4 Å². The zero-order chi connectivity index (χ0) is 19.9. The molecule has 144 valence electrons. The SMILES string of the molecule is CC(C)(C)OC(=O)NCC(O)C(O)c1ccccc1C(=O)NCC(=O)O. The summed E-state index contributed by atoms with van der Waals surface area (Å²) in [7, 11) is 0. The van der Waals surface area contributed by atoms with Crippen LogP contribution in [0, 0.1) is 0 Å². The number of carboxylic acid groups (broad SMARTS) is 1. The molecule has 0 saturated heterocycles. The van der Waals surface area contributed by atoms with Crippen LogP contribution in [-0.2, 0) is 9.53 Å². The van der Waals surface area contributed by atoms with Crippen LogP contribution in [0.3, 0.4) is 0 Å². The molecule has 9 heteroatoms. The van der Waals surface area contributed by atoms with E-state index in [1.165, 1.54) is 18.2 Å². The standard InChI is InChI=1S/C17H24N2O7/c1-17(2,3)26-16(25)19-8-12(20)14(23)10-6-4-5-7-11(10)15(24)18-9-13(21)22/h4-7,12,14,20,23H,8-9H2,1-3H3,(H,18,24)(H,19,25)(H,21,22). The van der Waals surface area contributed by atoms with E-state index in [2.05, 4.69) is 10.6 Å². The number of aliphatic hydroxyl groups is 2. The van der Waals surface area contributed by atoms with Crippen molar-refractivity contribution in [3.8, 4) is 0 Å². The van der Waals surface area contributed by atoms with Crippen LogP contribution in [0.2, 0.25) is 0 Å². The highest BCUT2D eigenvalue weighted by Crippen LogP contribution is 2.21. The van der Waals surface area contributed by atoms with Crippen molar-refractivity contribution in [3.05, 3.63) is 35.4 Å². The van der Waals surface area contributed by atoms with Gasteiger partial charge in [-0.1, -0.05) is 18.2 Å². The Morgan fingerprint density at radius 2 is 1.73 bits per heavy atom. The number of amides is 2. The van der Waals surface area contributed by atoms with E-state index in [0.29, 0.717) is 0 Å². The zero-order valence-corrected chi connectivity index (χ0v) is 14.9. The summed E-state index contributed by atoms with van der Waals surface area (Å²) in [4.78, 5) is 34.2. The summed E-state index contributed by atoms with van der Waals surface area (Å²) in [6.07, 6.45) is -3.64. The number of rotatable bonds is 7. The molecule has 2 atom stereocenters. The molecule has 26 heavy (non-hydrogen) atoms. The highest BCUT2D eigenvalue weighted by molar-refractivity contribution is 5.97. The first-order valence-electron chi connectivity index (χ1n) is 7.93. The number of hydrogen-bond acceptors (Lipinski definition) is 6. The van der Waals surface area contributed by atoms with Crippen LogP contribution in [-0.4, -0.2) is 58.1 Å². The Balaban J connectivity index is 2.77. The van der Waals surface area contributed by atoms with Crippen LogP contribution in [0.4, 0.5) is 4.79 Å². The van der Waals surface area contributed by atoms with E-state index >= 15 is 0 Å². The highest BCUT2D eigenvalue weighted by Gasteiger charge is 2.25. The van der Waals surface area contributed by atoms with Crippen molar-refractivity contribution in [2.24, 2.45) is 0 Å². The van der Waals surface area contributed by atoms with Gasteiger partial charge in [-0.25, -0.2) is 4.79 Å². The van der Waals surface area contributed by atoms with E-state index in [0.717, 1.165) is 0 Å². The quantitative estimate of drug-likeness (QED) is 0.469. The van der Waals surface area contributed by atoms with Crippen molar-refractivity contribution in [1.29, 1.82) is 0 Å². The van der Waals surface area contributed by atoms with Crippen LogP contribution < -0.4 is 10.6 Å².